The van der Waals surface area contributed by atoms with Crippen molar-refractivity contribution in [2.24, 2.45) is 5.92 Å². The van der Waals surface area contributed by atoms with Gasteiger partial charge in [0.15, 0.2) is 0 Å². The molecule has 30 heavy (non-hydrogen) atoms. The zero-order chi connectivity index (χ0) is 22.0. The molecule has 0 aliphatic carbocycles. The highest BCUT2D eigenvalue weighted by Crippen LogP contribution is 2.37. The summed E-state index contributed by atoms with van der Waals surface area (Å²) in [7, 11) is 0. The largest absolute Gasteiger partial charge is 0.480 e. The van der Waals surface area contributed by atoms with E-state index in [1.165, 1.54) is 12.1 Å². The van der Waals surface area contributed by atoms with E-state index in [1.807, 2.05) is 13.8 Å². The molecule has 8 nitrogen and oxygen atoms in total. The molecular formula is C20H18N2O6S2. The number of carboxylic acids is 1. The summed E-state index contributed by atoms with van der Waals surface area (Å²) >= 11 is 6.24. The minimum atomic E-state index is -1.11. The first-order chi connectivity index (χ1) is 14.2. The lowest BCUT2D eigenvalue weighted by molar-refractivity contribution is -0.384. The van der Waals surface area contributed by atoms with E-state index in [-0.39, 0.29) is 33.0 Å². The highest BCUT2D eigenvalue weighted by Gasteiger charge is 2.40. The highest BCUT2D eigenvalue weighted by molar-refractivity contribution is 8.26. The molecule has 1 aromatic heterocycles. The van der Waals surface area contributed by atoms with Gasteiger partial charge in [-0.3, -0.25) is 19.8 Å². The Balaban J connectivity index is 1.89. The summed E-state index contributed by atoms with van der Waals surface area (Å²) < 4.78 is 5.86. The summed E-state index contributed by atoms with van der Waals surface area (Å²) in [6.07, 6.45) is 1.74. The summed E-state index contributed by atoms with van der Waals surface area (Å²) in [5.41, 5.74) is 0.222. The summed E-state index contributed by atoms with van der Waals surface area (Å²) in [6, 6.07) is 8.30. The number of benzene rings is 1. The van der Waals surface area contributed by atoms with Crippen LogP contribution in [0.2, 0.25) is 0 Å². The second-order valence-electron chi connectivity index (χ2n) is 7.01. The van der Waals surface area contributed by atoms with Crippen LogP contribution in [0.3, 0.4) is 0 Å². The van der Waals surface area contributed by atoms with Crippen LogP contribution in [0.1, 0.15) is 26.0 Å². The van der Waals surface area contributed by atoms with Crippen LogP contribution in [0.15, 0.2) is 45.7 Å². The van der Waals surface area contributed by atoms with Crippen molar-refractivity contribution in [2.45, 2.75) is 26.3 Å². The summed E-state index contributed by atoms with van der Waals surface area (Å²) in [4.78, 5) is 36.6. The van der Waals surface area contributed by atoms with E-state index in [0.717, 1.165) is 16.7 Å². The van der Waals surface area contributed by atoms with E-state index in [1.54, 1.807) is 30.3 Å². The topological polar surface area (TPSA) is 114 Å². The van der Waals surface area contributed by atoms with E-state index >= 15 is 0 Å². The number of nitrogens with zero attached hydrogens (tertiary/aromatic N) is 2. The van der Waals surface area contributed by atoms with Crippen molar-refractivity contribution in [3.63, 3.8) is 0 Å². The third-order valence-corrected chi connectivity index (χ3v) is 5.71. The number of thiocarbonyl (C=S) groups is 1. The molecule has 1 saturated heterocycles. The number of amides is 1. The standard InChI is InChI=1S/C20H18N2O6S2/c1-11(2)9-15(19(24)25)21-18(23)17(30-20(21)29)10-12-7-8-16(28-12)13-5-3-4-6-14(13)22(26)27/h3-8,10-11,15H,9H2,1-2H3,(H,24,25). The molecule has 1 aliphatic rings. The van der Waals surface area contributed by atoms with Gasteiger partial charge in [0.05, 0.1) is 15.4 Å². The van der Waals surface area contributed by atoms with E-state index in [9.17, 15) is 24.8 Å². The molecule has 0 radical (unpaired) electrons. The van der Waals surface area contributed by atoms with Crippen molar-refractivity contribution in [1.82, 2.24) is 4.90 Å². The number of furan rings is 1. The molecule has 1 amide bonds. The van der Waals surface area contributed by atoms with E-state index in [2.05, 4.69) is 0 Å². The average Bonchev–Trinajstić information content (AvgIpc) is 3.24. The molecule has 156 valence electrons. The predicted molar refractivity (Wildman–Crippen MR) is 117 cm³/mol. The maximum Gasteiger partial charge on any atom is 0.326 e. The fourth-order valence-corrected chi connectivity index (χ4v) is 4.39. The van der Waals surface area contributed by atoms with Crippen molar-refractivity contribution in [3.05, 3.63) is 57.2 Å². The molecule has 0 saturated carbocycles. The number of rotatable bonds is 7. The SMILES string of the molecule is CC(C)CC(C(=O)O)N1C(=O)C(=Cc2ccc(-c3ccccc3[N+](=O)[O-])o2)SC1=S. The van der Waals surface area contributed by atoms with Gasteiger partial charge in [-0.25, -0.2) is 4.79 Å². The molecule has 1 atom stereocenters. The van der Waals surface area contributed by atoms with Crippen LogP contribution in [0.25, 0.3) is 17.4 Å². The number of nitro groups is 1. The van der Waals surface area contributed by atoms with Crippen molar-refractivity contribution in [1.29, 1.82) is 0 Å². The molecule has 1 unspecified atom stereocenters. The van der Waals surface area contributed by atoms with Crippen LogP contribution < -0.4 is 0 Å². The van der Waals surface area contributed by atoms with Gasteiger partial charge in [-0.15, -0.1) is 0 Å². The Morgan fingerprint density at radius 3 is 2.67 bits per heavy atom. The molecule has 1 aliphatic heterocycles. The summed E-state index contributed by atoms with van der Waals surface area (Å²) in [5.74, 6) is -0.958. The number of para-hydroxylation sites is 1. The van der Waals surface area contributed by atoms with Crippen molar-refractivity contribution in [3.8, 4) is 11.3 Å². The van der Waals surface area contributed by atoms with Crippen LogP contribution in [0.4, 0.5) is 5.69 Å². The molecule has 3 rings (SSSR count). The Hall–Kier alpha value is -2.98. The number of hydrogen-bond acceptors (Lipinski definition) is 7. The maximum atomic E-state index is 12.8. The lowest BCUT2D eigenvalue weighted by Gasteiger charge is -2.24. The third kappa shape index (κ3) is 4.44. The Morgan fingerprint density at radius 1 is 1.33 bits per heavy atom. The second-order valence-corrected chi connectivity index (χ2v) is 8.69. The monoisotopic (exact) mass is 446 g/mol. The molecule has 10 heteroatoms. The molecule has 2 aromatic rings. The van der Waals surface area contributed by atoms with Gasteiger partial charge in [0.25, 0.3) is 11.6 Å². The normalized spacial score (nSPS) is 16.5. The average molecular weight is 447 g/mol. The van der Waals surface area contributed by atoms with Crippen molar-refractivity contribution >= 4 is 51.9 Å². The van der Waals surface area contributed by atoms with Gasteiger partial charge in [0.2, 0.25) is 0 Å². The zero-order valence-electron chi connectivity index (χ0n) is 16.1. The number of carbonyl (C=O) groups excluding carboxylic acids is 1. The summed E-state index contributed by atoms with van der Waals surface area (Å²) in [6.45, 7) is 3.74. The third-order valence-electron chi connectivity index (χ3n) is 4.38. The minimum absolute atomic E-state index is 0.0639. The van der Waals surface area contributed by atoms with Crippen molar-refractivity contribution < 1.29 is 24.0 Å². The highest BCUT2D eigenvalue weighted by atomic mass is 32.2. The van der Waals surface area contributed by atoms with Gasteiger partial charge in [-0.1, -0.05) is 50.0 Å². The molecule has 1 aromatic carbocycles. The lowest BCUT2D eigenvalue weighted by Crippen LogP contribution is -2.44. The quantitative estimate of drug-likeness (QED) is 0.285. The van der Waals surface area contributed by atoms with E-state index in [0.29, 0.717) is 11.3 Å². The van der Waals surface area contributed by atoms with Crippen LogP contribution in [0.5, 0.6) is 0 Å². The summed E-state index contributed by atoms with van der Waals surface area (Å²) in [5, 5.41) is 20.8. The van der Waals surface area contributed by atoms with Crippen LogP contribution in [-0.2, 0) is 9.59 Å². The second kappa shape index (κ2) is 8.80. The van der Waals surface area contributed by atoms with E-state index in [4.69, 9.17) is 16.6 Å². The predicted octanol–water partition coefficient (Wildman–Crippen LogP) is 4.56. The first-order valence-corrected chi connectivity index (χ1v) is 10.2. The molecule has 1 N–H and O–H groups in total. The Kier molecular flexibility index (Phi) is 6.37. The Morgan fingerprint density at radius 2 is 2.03 bits per heavy atom. The van der Waals surface area contributed by atoms with Crippen LogP contribution in [0, 0.1) is 16.0 Å². The molecular weight excluding hydrogens is 428 g/mol. The van der Waals surface area contributed by atoms with Gasteiger partial charge in [-0.2, -0.15) is 0 Å². The van der Waals surface area contributed by atoms with Gasteiger partial charge < -0.3 is 9.52 Å². The number of carbonyl (C=O) groups is 2. The molecule has 0 spiro atoms. The molecule has 1 fully saturated rings. The number of hydrogen-bond donors (Lipinski definition) is 1. The Labute approximate surface area is 181 Å². The van der Waals surface area contributed by atoms with Crippen LogP contribution in [-0.4, -0.2) is 37.2 Å². The molecule has 2 heterocycles. The number of thioether (sulfide) groups is 1. The van der Waals surface area contributed by atoms with Gasteiger partial charge >= 0.3 is 5.97 Å². The fourth-order valence-electron chi connectivity index (χ4n) is 3.06. The Bertz CT molecular complexity index is 1060. The maximum absolute atomic E-state index is 12.8. The van der Waals surface area contributed by atoms with E-state index < -0.39 is 22.8 Å². The van der Waals surface area contributed by atoms with Gasteiger partial charge in [0, 0.05) is 12.1 Å². The minimum Gasteiger partial charge on any atom is -0.480 e. The number of nitro benzene ring substituents is 1. The first kappa shape index (κ1) is 21.7. The first-order valence-electron chi connectivity index (χ1n) is 9.02. The number of aliphatic carboxylic acids is 1. The number of carboxylic acid groups (broad SMARTS) is 1. The fraction of sp³-hybridized carbons (Fsp3) is 0.250. The van der Waals surface area contributed by atoms with Crippen LogP contribution >= 0.6 is 24.0 Å². The van der Waals surface area contributed by atoms with Gasteiger partial charge in [-0.05, 0) is 30.5 Å². The van der Waals surface area contributed by atoms with Gasteiger partial charge in [0.1, 0.15) is 21.9 Å². The smallest absolute Gasteiger partial charge is 0.326 e. The zero-order valence-corrected chi connectivity index (χ0v) is 17.7. The molecule has 0 bridgehead atoms. The lowest BCUT2D eigenvalue weighted by atomic mass is 10.0. The van der Waals surface area contributed by atoms with Crippen molar-refractivity contribution in [2.75, 3.05) is 0 Å².